The van der Waals surface area contributed by atoms with E-state index in [4.69, 9.17) is 0 Å². The van der Waals surface area contributed by atoms with E-state index in [1.165, 1.54) is 5.57 Å². The van der Waals surface area contributed by atoms with Gasteiger partial charge < -0.3 is 10.6 Å². The van der Waals surface area contributed by atoms with E-state index in [0.717, 1.165) is 38.5 Å². The molecule has 0 radical (unpaired) electrons. The molecule has 1 saturated carbocycles. The molecule has 0 aromatic heterocycles. The molecule has 0 aromatic rings. The molecule has 3 nitrogen and oxygen atoms in total. The first-order valence-corrected chi connectivity index (χ1v) is 9.05. The minimum Gasteiger partial charge on any atom is -0.338 e. The maximum Gasteiger partial charge on any atom is 0.315 e. The van der Waals surface area contributed by atoms with Crippen molar-refractivity contribution in [1.82, 2.24) is 10.6 Å². The Hall–Kier alpha value is -1.32. The molecule has 23 heavy (non-hydrogen) atoms. The molecule has 0 heterocycles. The molecule has 1 fully saturated rings. The van der Waals surface area contributed by atoms with Gasteiger partial charge in [0.1, 0.15) is 5.67 Å². The highest BCUT2D eigenvalue weighted by Gasteiger charge is 2.36. The van der Waals surface area contributed by atoms with Crippen LogP contribution in [0.15, 0.2) is 23.8 Å². The highest BCUT2D eigenvalue weighted by Crippen LogP contribution is 2.34. The normalized spacial score (nSPS) is 30.7. The summed E-state index contributed by atoms with van der Waals surface area (Å²) >= 11 is 0. The molecule has 130 valence electrons. The Labute approximate surface area is 139 Å². The average Bonchev–Trinajstić information content (AvgIpc) is 2.50. The minimum absolute atomic E-state index is 0.0938. The summed E-state index contributed by atoms with van der Waals surface area (Å²) in [6.45, 7) is 4.38. The number of nitrogens with one attached hydrogen (secondary N) is 2. The predicted octanol–water partition coefficient (Wildman–Crippen LogP) is 4.65. The van der Waals surface area contributed by atoms with Crippen molar-refractivity contribution in [3.63, 3.8) is 0 Å². The Morgan fingerprint density at radius 1 is 1.39 bits per heavy atom. The van der Waals surface area contributed by atoms with E-state index in [-0.39, 0.29) is 18.0 Å². The predicted molar refractivity (Wildman–Crippen MR) is 93.2 cm³/mol. The Balaban J connectivity index is 1.56. The molecule has 0 aromatic carbocycles. The lowest BCUT2D eigenvalue weighted by Crippen LogP contribution is -2.49. The van der Waals surface area contributed by atoms with Crippen LogP contribution in [-0.4, -0.2) is 24.3 Å². The highest BCUT2D eigenvalue weighted by atomic mass is 19.1. The number of rotatable bonds is 6. The summed E-state index contributed by atoms with van der Waals surface area (Å²) in [5.41, 5.74) is 0.349. The van der Waals surface area contributed by atoms with Gasteiger partial charge in [-0.25, -0.2) is 9.18 Å². The van der Waals surface area contributed by atoms with Crippen molar-refractivity contribution in [2.75, 3.05) is 6.54 Å². The number of unbranched alkanes of at least 4 members (excludes halogenated alkanes) is 1. The zero-order valence-electron chi connectivity index (χ0n) is 14.5. The van der Waals surface area contributed by atoms with Gasteiger partial charge in [-0.2, -0.15) is 0 Å². The number of hydrogen-bond donors (Lipinski definition) is 2. The van der Waals surface area contributed by atoms with Gasteiger partial charge in [0.25, 0.3) is 0 Å². The van der Waals surface area contributed by atoms with Crippen LogP contribution in [0.4, 0.5) is 9.18 Å². The van der Waals surface area contributed by atoms with Crippen molar-refractivity contribution in [2.24, 2.45) is 5.92 Å². The van der Waals surface area contributed by atoms with Crippen LogP contribution in [0.1, 0.15) is 65.2 Å². The largest absolute Gasteiger partial charge is 0.338 e. The topological polar surface area (TPSA) is 41.1 Å². The smallest absolute Gasteiger partial charge is 0.315 e. The van der Waals surface area contributed by atoms with Gasteiger partial charge in [-0.15, -0.1) is 0 Å². The SMILES string of the molecule is CC1CC(C)(F)CCC1NC(=O)NCCCCC1=CCCC=C1. The maximum absolute atomic E-state index is 13.9. The Bertz CT molecular complexity index is 456. The fourth-order valence-corrected chi connectivity index (χ4v) is 3.60. The molecule has 2 aliphatic carbocycles. The van der Waals surface area contributed by atoms with Crippen molar-refractivity contribution in [3.8, 4) is 0 Å². The Morgan fingerprint density at radius 2 is 2.22 bits per heavy atom. The van der Waals surface area contributed by atoms with E-state index in [0.29, 0.717) is 19.4 Å². The van der Waals surface area contributed by atoms with Gasteiger partial charge in [-0.1, -0.05) is 30.7 Å². The molecule has 0 aliphatic heterocycles. The summed E-state index contributed by atoms with van der Waals surface area (Å²) in [4.78, 5) is 11.9. The molecule has 4 heteroatoms. The number of alkyl halides is 1. The third kappa shape index (κ3) is 6.36. The third-order valence-corrected chi connectivity index (χ3v) is 4.98. The number of urea groups is 1. The lowest BCUT2D eigenvalue weighted by molar-refractivity contribution is 0.0807. The van der Waals surface area contributed by atoms with E-state index in [2.05, 4.69) is 28.9 Å². The van der Waals surface area contributed by atoms with Crippen LogP contribution in [0.2, 0.25) is 0 Å². The quantitative estimate of drug-likeness (QED) is 0.687. The molecule has 0 saturated heterocycles. The van der Waals surface area contributed by atoms with Crippen molar-refractivity contribution in [2.45, 2.75) is 76.9 Å². The number of hydrogen-bond acceptors (Lipinski definition) is 1. The molecule has 3 unspecified atom stereocenters. The van der Waals surface area contributed by atoms with E-state index in [9.17, 15) is 9.18 Å². The maximum atomic E-state index is 13.9. The van der Waals surface area contributed by atoms with Gasteiger partial charge in [0.05, 0.1) is 0 Å². The number of allylic oxidation sites excluding steroid dienone is 4. The molecule has 3 atom stereocenters. The Kier molecular flexibility index (Phi) is 6.67. The van der Waals surface area contributed by atoms with Gasteiger partial charge in [-0.3, -0.25) is 0 Å². The van der Waals surface area contributed by atoms with Crippen LogP contribution in [0.25, 0.3) is 0 Å². The van der Waals surface area contributed by atoms with Gasteiger partial charge >= 0.3 is 6.03 Å². The molecular formula is C19H31FN2O. The first-order chi connectivity index (χ1) is 11.0. The lowest BCUT2D eigenvalue weighted by atomic mass is 9.78. The average molecular weight is 322 g/mol. The van der Waals surface area contributed by atoms with Gasteiger partial charge in [0.15, 0.2) is 0 Å². The van der Waals surface area contributed by atoms with Crippen LogP contribution < -0.4 is 10.6 Å². The van der Waals surface area contributed by atoms with Crippen LogP contribution in [0, 0.1) is 5.92 Å². The second-order valence-corrected chi connectivity index (χ2v) is 7.36. The zero-order valence-corrected chi connectivity index (χ0v) is 14.5. The van der Waals surface area contributed by atoms with Crippen molar-refractivity contribution >= 4 is 6.03 Å². The van der Waals surface area contributed by atoms with Crippen molar-refractivity contribution in [1.29, 1.82) is 0 Å². The third-order valence-electron chi connectivity index (χ3n) is 4.98. The van der Waals surface area contributed by atoms with Crippen LogP contribution in [0.5, 0.6) is 0 Å². The number of halogens is 1. The number of carbonyl (C=O) groups is 1. The zero-order chi connectivity index (χ0) is 16.7. The monoisotopic (exact) mass is 322 g/mol. The van der Waals surface area contributed by atoms with E-state index in [1.54, 1.807) is 6.92 Å². The van der Waals surface area contributed by atoms with Crippen LogP contribution in [0.3, 0.4) is 0 Å². The molecule has 2 rings (SSSR count). The second-order valence-electron chi connectivity index (χ2n) is 7.36. The summed E-state index contributed by atoms with van der Waals surface area (Å²) < 4.78 is 13.9. The molecular weight excluding hydrogens is 291 g/mol. The van der Waals surface area contributed by atoms with E-state index < -0.39 is 5.67 Å². The lowest BCUT2D eigenvalue weighted by Gasteiger charge is -2.36. The van der Waals surface area contributed by atoms with Gasteiger partial charge in [0, 0.05) is 12.6 Å². The van der Waals surface area contributed by atoms with E-state index in [1.807, 2.05) is 6.92 Å². The Morgan fingerprint density at radius 3 is 2.91 bits per heavy atom. The summed E-state index contributed by atoms with van der Waals surface area (Å²) in [7, 11) is 0. The molecule has 2 amide bonds. The fraction of sp³-hybridized carbons (Fsp3) is 0.737. The summed E-state index contributed by atoms with van der Waals surface area (Å²) in [5.74, 6) is 0.189. The molecule has 2 N–H and O–H groups in total. The number of amides is 2. The van der Waals surface area contributed by atoms with Crippen molar-refractivity contribution < 1.29 is 9.18 Å². The molecule has 0 bridgehead atoms. The summed E-state index contributed by atoms with van der Waals surface area (Å²) in [6.07, 6.45) is 14.0. The second kappa shape index (κ2) is 8.51. The fourth-order valence-electron chi connectivity index (χ4n) is 3.60. The molecule has 0 spiro atoms. The van der Waals surface area contributed by atoms with E-state index >= 15 is 0 Å². The van der Waals surface area contributed by atoms with Crippen molar-refractivity contribution in [3.05, 3.63) is 23.8 Å². The minimum atomic E-state index is -1.07. The summed E-state index contributed by atoms with van der Waals surface area (Å²) in [6, 6.07) is -0.0163. The standard InChI is InChI=1S/C19H31FN2O/c1-15-14-19(2,20)12-11-17(15)22-18(23)21-13-7-6-10-16-8-4-3-5-9-16/h4,8-9,15,17H,3,5-7,10-14H2,1-2H3,(H2,21,22,23). The first-order valence-electron chi connectivity index (χ1n) is 9.05. The molecule has 2 aliphatic rings. The van der Waals surface area contributed by atoms with Crippen LogP contribution >= 0.6 is 0 Å². The number of carbonyl (C=O) groups excluding carboxylic acids is 1. The first kappa shape index (κ1) is 18.0. The highest BCUT2D eigenvalue weighted by molar-refractivity contribution is 5.74. The van der Waals surface area contributed by atoms with Gasteiger partial charge in [0.2, 0.25) is 0 Å². The summed E-state index contributed by atoms with van der Waals surface area (Å²) in [5, 5.41) is 5.94. The van der Waals surface area contributed by atoms with Crippen LogP contribution in [-0.2, 0) is 0 Å². The van der Waals surface area contributed by atoms with Gasteiger partial charge in [-0.05, 0) is 64.2 Å².